The lowest BCUT2D eigenvalue weighted by molar-refractivity contribution is -0.113. The number of carbonyl (C=O) groups is 1. The number of aryl methyl sites for hydroxylation is 3. The Kier molecular flexibility index (Phi) is 5.03. The molecule has 3 aromatic rings. The standard InChI is InChI=1S/C22H22N2O2S/c1-14-10-17-11-15-6-5-7-16(15)12-19(17)24-22(14)27-13-21(25)23-18-8-3-4-9-20(18)26-2/h3-4,8-12H,5-7,13H2,1-2H3,(H,23,25). The molecule has 1 amide bonds. The summed E-state index contributed by atoms with van der Waals surface area (Å²) >= 11 is 1.47. The number of ether oxygens (including phenoxy) is 1. The molecule has 0 saturated carbocycles. The van der Waals surface area contributed by atoms with Crippen molar-refractivity contribution in [2.45, 2.75) is 31.2 Å². The van der Waals surface area contributed by atoms with E-state index in [9.17, 15) is 4.79 Å². The molecular formula is C22H22N2O2S. The number of nitrogens with zero attached hydrogens (tertiary/aromatic N) is 1. The number of hydrogen-bond donors (Lipinski definition) is 1. The van der Waals surface area contributed by atoms with E-state index in [0.29, 0.717) is 17.2 Å². The smallest absolute Gasteiger partial charge is 0.234 e. The maximum atomic E-state index is 12.4. The highest BCUT2D eigenvalue weighted by Gasteiger charge is 2.14. The number of fused-ring (bicyclic) bond motifs is 2. The molecule has 0 atom stereocenters. The van der Waals surface area contributed by atoms with Gasteiger partial charge in [0.1, 0.15) is 10.8 Å². The molecule has 1 aromatic heterocycles. The highest BCUT2D eigenvalue weighted by molar-refractivity contribution is 8.00. The van der Waals surface area contributed by atoms with Crippen molar-refractivity contribution in [1.82, 2.24) is 4.98 Å². The first kappa shape index (κ1) is 17.9. The number of anilines is 1. The first-order chi connectivity index (χ1) is 13.1. The minimum atomic E-state index is -0.0697. The Morgan fingerprint density at radius 1 is 1.19 bits per heavy atom. The van der Waals surface area contributed by atoms with Crippen LogP contribution in [0.1, 0.15) is 23.1 Å². The number of amides is 1. The number of methoxy groups -OCH3 is 1. The molecule has 0 fully saturated rings. The maximum Gasteiger partial charge on any atom is 0.234 e. The van der Waals surface area contributed by atoms with E-state index in [2.05, 4.69) is 30.4 Å². The summed E-state index contributed by atoms with van der Waals surface area (Å²) in [4.78, 5) is 17.2. The van der Waals surface area contributed by atoms with E-state index in [4.69, 9.17) is 9.72 Å². The van der Waals surface area contributed by atoms with Gasteiger partial charge in [-0.3, -0.25) is 4.79 Å². The van der Waals surface area contributed by atoms with Crippen molar-refractivity contribution in [2.75, 3.05) is 18.2 Å². The van der Waals surface area contributed by atoms with Crippen LogP contribution in [0.25, 0.3) is 10.9 Å². The number of aromatic nitrogens is 1. The molecule has 0 saturated heterocycles. The molecular weight excluding hydrogens is 356 g/mol. The van der Waals surface area contributed by atoms with Gasteiger partial charge in [-0.1, -0.05) is 23.9 Å². The molecule has 0 spiro atoms. The van der Waals surface area contributed by atoms with E-state index in [1.54, 1.807) is 7.11 Å². The summed E-state index contributed by atoms with van der Waals surface area (Å²) in [5.74, 6) is 0.895. The van der Waals surface area contributed by atoms with Crippen LogP contribution >= 0.6 is 11.8 Å². The molecule has 2 aromatic carbocycles. The average Bonchev–Trinajstić information content (AvgIpc) is 3.12. The lowest BCUT2D eigenvalue weighted by Crippen LogP contribution is -2.14. The van der Waals surface area contributed by atoms with Gasteiger partial charge >= 0.3 is 0 Å². The number of pyridine rings is 1. The van der Waals surface area contributed by atoms with Crippen molar-refractivity contribution in [2.24, 2.45) is 0 Å². The Labute approximate surface area is 163 Å². The second-order valence-corrected chi connectivity index (χ2v) is 7.78. The van der Waals surface area contributed by atoms with Crippen molar-refractivity contribution < 1.29 is 9.53 Å². The SMILES string of the molecule is COc1ccccc1NC(=O)CSc1nc2cc3c(cc2cc1C)CCC3. The first-order valence-corrected chi connectivity index (χ1v) is 10.1. The van der Waals surface area contributed by atoms with Gasteiger partial charge in [0, 0.05) is 5.39 Å². The molecule has 4 rings (SSSR count). The van der Waals surface area contributed by atoms with Crippen LogP contribution in [0.2, 0.25) is 0 Å². The number of nitrogens with one attached hydrogen (secondary N) is 1. The van der Waals surface area contributed by atoms with Crippen molar-refractivity contribution in [3.05, 3.63) is 59.2 Å². The van der Waals surface area contributed by atoms with Gasteiger partial charge in [-0.05, 0) is 73.2 Å². The highest BCUT2D eigenvalue weighted by atomic mass is 32.2. The van der Waals surface area contributed by atoms with E-state index in [0.717, 1.165) is 22.5 Å². The summed E-state index contributed by atoms with van der Waals surface area (Å²) in [6, 6.07) is 14.1. The minimum Gasteiger partial charge on any atom is -0.495 e. The zero-order valence-corrected chi connectivity index (χ0v) is 16.4. The molecule has 1 aliphatic rings. The normalized spacial score (nSPS) is 12.8. The molecule has 4 nitrogen and oxygen atoms in total. The quantitative estimate of drug-likeness (QED) is 0.650. The van der Waals surface area contributed by atoms with Crippen molar-refractivity contribution in [1.29, 1.82) is 0 Å². The zero-order valence-electron chi connectivity index (χ0n) is 15.5. The summed E-state index contributed by atoms with van der Waals surface area (Å²) in [5, 5.41) is 5.01. The van der Waals surface area contributed by atoms with Crippen LogP contribution in [0.5, 0.6) is 5.75 Å². The zero-order chi connectivity index (χ0) is 18.8. The summed E-state index contributed by atoms with van der Waals surface area (Å²) in [7, 11) is 1.60. The molecule has 0 unspecified atom stereocenters. The minimum absolute atomic E-state index is 0.0697. The molecule has 0 aliphatic heterocycles. The van der Waals surface area contributed by atoms with Gasteiger partial charge in [0.05, 0.1) is 24.1 Å². The van der Waals surface area contributed by atoms with Crippen LogP contribution in [0.4, 0.5) is 5.69 Å². The second-order valence-electron chi connectivity index (χ2n) is 6.81. The second kappa shape index (κ2) is 7.61. The van der Waals surface area contributed by atoms with E-state index in [-0.39, 0.29) is 5.91 Å². The molecule has 0 bridgehead atoms. The van der Waals surface area contributed by atoms with Gasteiger partial charge < -0.3 is 10.1 Å². The predicted molar refractivity (Wildman–Crippen MR) is 111 cm³/mol. The Morgan fingerprint density at radius 3 is 2.78 bits per heavy atom. The van der Waals surface area contributed by atoms with Gasteiger partial charge in [-0.2, -0.15) is 0 Å². The molecule has 0 radical (unpaired) electrons. The maximum absolute atomic E-state index is 12.4. The third kappa shape index (κ3) is 3.78. The number of hydrogen-bond acceptors (Lipinski definition) is 4. The van der Waals surface area contributed by atoms with Crippen molar-refractivity contribution >= 4 is 34.3 Å². The third-order valence-corrected chi connectivity index (χ3v) is 5.99. The summed E-state index contributed by atoms with van der Waals surface area (Å²) in [6.45, 7) is 2.06. The number of carbonyl (C=O) groups excluding carboxylic acids is 1. The monoisotopic (exact) mass is 378 g/mol. The number of para-hydroxylation sites is 2. The van der Waals surface area contributed by atoms with Gasteiger partial charge in [0.15, 0.2) is 0 Å². The van der Waals surface area contributed by atoms with Crippen LogP contribution in [0.15, 0.2) is 47.5 Å². The van der Waals surface area contributed by atoms with Gasteiger partial charge in [0.2, 0.25) is 5.91 Å². The lowest BCUT2D eigenvalue weighted by atomic mass is 10.1. The number of rotatable bonds is 5. The van der Waals surface area contributed by atoms with Crippen LogP contribution in [-0.2, 0) is 17.6 Å². The van der Waals surface area contributed by atoms with Crippen molar-refractivity contribution in [3.8, 4) is 5.75 Å². The first-order valence-electron chi connectivity index (χ1n) is 9.13. The largest absolute Gasteiger partial charge is 0.495 e. The Balaban J connectivity index is 1.49. The van der Waals surface area contributed by atoms with Crippen molar-refractivity contribution in [3.63, 3.8) is 0 Å². The lowest BCUT2D eigenvalue weighted by Gasteiger charge is -2.11. The molecule has 27 heavy (non-hydrogen) atoms. The summed E-state index contributed by atoms with van der Waals surface area (Å²) < 4.78 is 5.28. The fraction of sp³-hybridized carbons (Fsp3) is 0.273. The number of thioether (sulfide) groups is 1. The van der Waals surface area contributed by atoms with Gasteiger partial charge in [-0.15, -0.1) is 0 Å². The van der Waals surface area contributed by atoms with E-state index in [1.165, 1.54) is 41.1 Å². The van der Waals surface area contributed by atoms with Crippen LogP contribution in [-0.4, -0.2) is 23.8 Å². The predicted octanol–water partition coefficient (Wildman–Crippen LogP) is 4.77. The Bertz CT molecular complexity index is 1020. The topological polar surface area (TPSA) is 51.2 Å². The average molecular weight is 378 g/mol. The molecule has 5 heteroatoms. The van der Waals surface area contributed by atoms with E-state index >= 15 is 0 Å². The summed E-state index contributed by atoms with van der Waals surface area (Å²) in [6.07, 6.45) is 3.55. The summed E-state index contributed by atoms with van der Waals surface area (Å²) in [5.41, 5.74) is 5.69. The third-order valence-electron chi connectivity index (χ3n) is 4.89. The van der Waals surface area contributed by atoms with Gasteiger partial charge in [0.25, 0.3) is 0 Å². The van der Waals surface area contributed by atoms with E-state index < -0.39 is 0 Å². The van der Waals surface area contributed by atoms with Gasteiger partial charge in [-0.25, -0.2) is 4.98 Å². The Morgan fingerprint density at radius 2 is 1.96 bits per heavy atom. The fourth-order valence-corrected chi connectivity index (χ4v) is 4.34. The van der Waals surface area contributed by atoms with Crippen LogP contribution in [0.3, 0.4) is 0 Å². The molecule has 1 heterocycles. The molecule has 138 valence electrons. The Hall–Kier alpha value is -2.53. The molecule has 1 N–H and O–H groups in total. The van der Waals surface area contributed by atoms with E-state index in [1.807, 2.05) is 24.3 Å². The van der Waals surface area contributed by atoms with Crippen LogP contribution < -0.4 is 10.1 Å². The molecule has 1 aliphatic carbocycles. The number of benzene rings is 2. The van der Waals surface area contributed by atoms with Crippen LogP contribution in [0, 0.1) is 6.92 Å². The fourth-order valence-electron chi connectivity index (χ4n) is 3.55. The highest BCUT2D eigenvalue weighted by Crippen LogP contribution is 2.30.